The van der Waals surface area contributed by atoms with Crippen molar-refractivity contribution in [3.05, 3.63) is 48.2 Å². The van der Waals surface area contributed by atoms with Crippen molar-refractivity contribution in [2.75, 3.05) is 11.9 Å². The van der Waals surface area contributed by atoms with Crippen molar-refractivity contribution in [3.63, 3.8) is 0 Å². The van der Waals surface area contributed by atoms with Gasteiger partial charge < -0.3 is 5.32 Å². The molecule has 1 heterocycles. The molecule has 94 valence electrons. The van der Waals surface area contributed by atoms with E-state index in [0.717, 1.165) is 24.7 Å². The minimum atomic E-state index is -0.598. The van der Waals surface area contributed by atoms with Crippen LogP contribution in [0.1, 0.15) is 13.3 Å². The van der Waals surface area contributed by atoms with Crippen LogP contribution in [-0.2, 0) is 0 Å². The van der Waals surface area contributed by atoms with E-state index >= 15 is 0 Å². The van der Waals surface area contributed by atoms with Crippen molar-refractivity contribution in [1.82, 2.24) is 4.98 Å². The number of halogens is 2. The molecule has 0 amide bonds. The van der Waals surface area contributed by atoms with Crippen molar-refractivity contribution in [2.24, 2.45) is 0 Å². The average molecular weight is 248 g/mol. The Hall–Kier alpha value is -1.97. The number of hydrogen-bond acceptors (Lipinski definition) is 2. The second kappa shape index (κ2) is 5.58. The van der Waals surface area contributed by atoms with Crippen LogP contribution in [-0.4, -0.2) is 11.5 Å². The van der Waals surface area contributed by atoms with Crippen LogP contribution in [0, 0.1) is 11.6 Å². The summed E-state index contributed by atoms with van der Waals surface area (Å²) >= 11 is 0. The first kappa shape index (κ1) is 12.5. The molecule has 2 aromatic rings. The zero-order chi connectivity index (χ0) is 13.0. The lowest BCUT2D eigenvalue weighted by Crippen LogP contribution is -2.00. The predicted octanol–water partition coefficient (Wildman–Crippen LogP) is 3.85. The Labute approximate surface area is 105 Å². The Morgan fingerprint density at radius 3 is 2.50 bits per heavy atom. The number of aromatic nitrogens is 1. The molecule has 0 aliphatic heterocycles. The largest absolute Gasteiger partial charge is 0.385 e. The van der Waals surface area contributed by atoms with Gasteiger partial charge in [0, 0.05) is 30.1 Å². The third-order valence-electron chi connectivity index (χ3n) is 2.50. The van der Waals surface area contributed by atoms with E-state index in [9.17, 15) is 8.78 Å². The van der Waals surface area contributed by atoms with Crippen LogP contribution >= 0.6 is 0 Å². The maximum atomic E-state index is 13.1. The minimum Gasteiger partial charge on any atom is -0.385 e. The molecule has 18 heavy (non-hydrogen) atoms. The van der Waals surface area contributed by atoms with Crippen molar-refractivity contribution >= 4 is 5.69 Å². The fraction of sp³-hybridized carbons (Fsp3) is 0.214. The van der Waals surface area contributed by atoms with Gasteiger partial charge in [-0.2, -0.15) is 0 Å². The Kier molecular flexibility index (Phi) is 3.87. The summed E-state index contributed by atoms with van der Waals surface area (Å²) in [7, 11) is 0. The molecule has 0 atom stereocenters. The van der Waals surface area contributed by atoms with Crippen molar-refractivity contribution < 1.29 is 8.78 Å². The number of rotatable bonds is 4. The Bertz CT molecular complexity index is 521. The van der Waals surface area contributed by atoms with Crippen LogP contribution in [0.4, 0.5) is 14.5 Å². The second-order valence-electron chi connectivity index (χ2n) is 4.01. The lowest BCUT2D eigenvalue weighted by atomic mass is 10.1. The molecule has 0 aliphatic carbocycles. The molecule has 1 aromatic carbocycles. The third kappa shape index (κ3) is 3.03. The van der Waals surface area contributed by atoms with Gasteiger partial charge in [-0.05, 0) is 30.7 Å². The molecule has 2 nitrogen and oxygen atoms in total. The molecule has 1 N–H and O–H groups in total. The number of nitrogens with one attached hydrogen (secondary N) is 1. The van der Waals surface area contributed by atoms with Crippen LogP contribution < -0.4 is 5.32 Å². The maximum Gasteiger partial charge on any atom is 0.126 e. The molecule has 0 spiro atoms. The van der Waals surface area contributed by atoms with E-state index in [1.165, 1.54) is 12.1 Å². The van der Waals surface area contributed by atoms with Crippen LogP contribution in [0.25, 0.3) is 11.3 Å². The highest BCUT2D eigenvalue weighted by Gasteiger charge is 2.05. The molecule has 4 heteroatoms. The van der Waals surface area contributed by atoms with Crippen LogP contribution in [0.15, 0.2) is 36.5 Å². The molecular formula is C14H14F2N2. The smallest absolute Gasteiger partial charge is 0.126 e. The fourth-order valence-corrected chi connectivity index (χ4v) is 1.67. The summed E-state index contributed by atoms with van der Waals surface area (Å²) in [6, 6.07) is 7.01. The van der Waals surface area contributed by atoms with Gasteiger partial charge in [-0.25, -0.2) is 8.78 Å². The Morgan fingerprint density at radius 1 is 1.11 bits per heavy atom. The highest BCUT2D eigenvalue weighted by Crippen LogP contribution is 2.22. The van der Waals surface area contributed by atoms with E-state index in [1.807, 2.05) is 6.07 Å². The second-order valence-corrected chi connectivity index (χ2v) is 4.01. The van der Waals surface area contributed by atoms with E-state index in [2.05, 4.69) is 17.2 Å². The quantitative estimate of drug-likeness (QED) is 0.889. The van der Waals surface area contributed by atoms with E-state index in [1.54, 1.807) is 12.3 Å². The van der Waals surface area contributed by atoms with Gasteiger partial charge in [0.05, 0.1) is 5.69 Å². The van der Waals surface area contributed by atoms with E-state index < -0.39 is 11.6 Å². The maximum absolute atomic E-state index is 13.1. The normalized spacial score (nSPS) is 10.4. The minimum absolute atomic E-state index is 0.438. The lowest BCUT2D eigenvalue weighted by Gasteiger charge is -2.07. The van der Waals surface area contributed by atoms with Gasteiger partial charge in [0.1, 0.15) is 11.6 Å². The van der Waals surface area contributed by atoms with Gasteiger partial charge in [-0.1, -0.05) is 6.92 Å². The number of hydrogen-bond donors (Lipinski definition) is 1. The van der Waals surface area contributed by atoms with E-state index in [4.69, 9.17) is 0 Å². The highest BCUT2D eigenvalue weighted by molar-refractivity contribution is 5.64. The molecule has 1 aromatic heterocycles. The van der Waals surface area contributed by atoms with Gasteiger partial charge in [-0.15, -0.1) is 0 Å². The molecule has 0 fully saturated rings. The average Bonchev–Trinajstić information content (AvgIpc) is 2.35. The monoisotopic (exact) mass is 248 g/mol. The number of nitrogens with zero attached hydrogens (tertiary/aromatic N) is 1. The van der Waals surface area contributed by atoms with E-state index in [-0.39, 0.29) is 0 Å². The van der Waals surface area contributed by atoms with Crippen LogP contribution in [0.2, 0.25) is 0 Å². The molecular weight excluding hydrogens is 234 g/mol. The first-order valence-corrected chi connectivity index (χ1v) is 5.85. The molecule has 0 radical (unpaired) electrons. The summed E-state index contributed by atoms with van der Waals surface area (Å²) in [6.45, 7) is 2.91. The van der Waals surface area contributed by atoms with Crippen molar-refractivity contribution in [3.8, 4) is 11.3 Å². The van der Waals surface area contributed by atoms with Crippen LogP contribution in [0.5, 0.6) is 0 Å². The Balaban J connectivity index is 2.32. The number of pyridine rings is 1. The third-order valence-corrected chi connectivity index (χ3v) is 2.50. The summed E-state index contributed by atoms with van der Waals surface area (Å²) < 4.78 is 26.3. The summed E-state index contributed by atoms with van der Waals surface area (Å²) in [6.07, 6.45) is 2.63. The topological polar surface area (TPSA) is 24.9 Å². The highest BCUT2D eigenvalue weighted by atomic mass is 19.1. The van der Waals surface area contributed by atoms with Gasteiger partial charge in [0.2, 0.25) is 0 Å². The summed E-state index contributed by atoms with van der Waals surface area (Å²) in [5.74, 6) is -1.20. The lowest BCUT2D eigenvalue weighted by molar-refractivity contribution is 0.584. The fourth-order valence-electron chi connectivity index (χ4n) is 1.67. The SMILES string of the molecule is CCCNc1ccnc(-c2cc(F)cc(F)c2)c1. The van der Waals surface area contributed by atoms with Gasteiger partial charge in [0.25, 0.3) is 0 Å². The van der Waals surface area contributed by atoms with Crippen LogP contribution in [0.3, 0.4) is 0 Å². The molecule has 2 rings (SSSR count). The van der Waals surface area contributed by atoms with Gasteiger partial charge >= 0.3 is 0 Å². The summed E-state index contributed by atoms with van der Waals surface area (Å²) in [5.41, 5.74) is 1.88. The molecule has 0 bridgehead atoms. The summed E-state index contributed by atoms with van der Waals surface area (Å²) in [5, 5.41) is 3.21. The zero-order valence-electron chi connectivity index (χ0n) is 10.1. The summed E-state index contributed by atoms with van der Waals surface area (Å²) in [4.78, 5) is 4.13. The molecule has 0 saturated carbocycles. The predicted molar refractivity (Wildman–Crippen MR) is 68.4 cm³/mol. The van der Waals surface area contributed by atoms with E-state index in [0.29, 0.717) is 11.3 Å². The number of anilines is 1. The number of benzene rings is 1. The molecule has 0 aliphatic rings. The zero-order valence-corrected chi connectivity index (χ0v) is 10.1. The van der Waals surface area contributed by atoms with Gasteiger partial charge in [0.15, 0.2) is 0 Å². The van der Waals surface area contributed by atoms with Crippen molar-refractivity contribution in [2.45, 2.75) is 13.3 Å². The first-order chi connectivity index (χ1) is 8.69. The van der Waals surface area contributed by atoms with Crippen molar-refractivity contribution in [1.29, 1.82) is 0 Å². The Morgan fingerprint density at radius 2 is 1.83 bits per heavy atom. The molecule has 0 saturated heterocycles. The van der Waals surface area contributed by atoms with Gasteiger partial charge in [-0.3, -0.25) is 4.98 Å². The standard InChI is InChI=1S/C14H14F2N2/c1-2-4-17-13-3-5-18-14(9-13)10-6-11(15)8-12(16)7-10/h3,5-9H,2,4H2,1H3,(H,17,18). The first-order valence-electron chi connectivity index (χ1n) is 5.85. The molecule has 0 unspecified atom stereocenters.